The topological polar surface area (TPSA) is 59.8 Å². The number of hydrogen-bond acceptors (Lipinski definition) is 4. The van der Waals surface area contributed by atoms with Gasteiger partial charge in [-0.15, -0.1) is 0 Å². The van der Waals surface area contributed by atoms with Crippen LogP contribution in [0.4, 0.5) is 0 Å². The van der Waals surface area contributed by atoms with Crippen molar-refractivity contribution in [2.45, 2.75) is 26.9 Å². The second-order valence-electron chi connectivity index (χ2n) is 4.57. The molecule has 0 radical (unpaired) electrons. The van der Waals surface area contributed by atoms with Gasteiger partial charge in [0, 0.05) is 37.7 Å². The zero-order chi connectivity index (χ0) is 14.5. The lowest BCUT2D eigenvalue weighted by atomic mass is 10.3. The summed E-state index contributed by atoms with van der Waals surface area (Å²) in [5.74, 6) is 0. The molecular weight excluding hydrogens is 320 g/mol. The van der Waals surface area contributed by atoms with E-state index in [-0.39, 0.29) is 5.69 Å². The standard InChI is InChI=1S/C14H17BrN4O/c1-10-13(15)11(2)19(14(20)18-10)7-6-17-9-12-4-3-5-16-8-12/h3-5,8,17H,6-7,9H2,1-2H3. The normalized spacial score (nSPS) is 10.8. The molecule has 0 saturated heterocycles. The number of nitrogens with one attached hydrogen (secondary N) is 1. The van der Waals surface area contributed by atoms with Crippen LogP contribution < -0.4 is 11.0 Å². The maximum atomic E-state index is 11.9. The molecule has 2 aromatic rings. The summed E-state index contributed by atoms with van der Waals surface area (Å²) in [6.45, 7) is 5.77. The van der Waals surface area contributed by atoms with Crippen LogP contribution in [0, 0.1) is 13.8 Å². The fourth-order valence-electron chi connectivity index (χ4n) is 1.97. The van der Waals surface area contributed by atoms with Crippen molar-refractivity contribution >= 4 is 15.9 Å². The van der Waals surface area contributed by atoms with Crippen LogP contribution in [0.5, 0.6) is 0 Å². The smallest absolute Gasteiger partial charge is 0.311 e. The molecule has 0 bridgehead atoms. The average molecular weight is 337 g/mol. The number of hydrogen-bond donors (Lipinski definition) is 1. The maximum absolute atomic E-state index is 11.9. The van der Waals surface area contributed by atoms with E-state index in [1.165, 1.54) is 0 Å². The summed E-state index contributed by atoms with van der Waals surface area (Å²) in [5, 5.41) is 3.30. The van der Waals surface area contributed by atoms with E-state index in [0.29, 0.717) is 13.1 Å². The molecule has 0 aliphatic rings. The van der Waals surface area contributed by atoms with Crippen LogP contribution in [0.3, 0.4) is 0 Å². The molecular formula is C14H17BrN4O. The Balaban J connectivity index is 1.95. The fraction of sp³-hybridized carbons (Fsp3) is 0.357. The van der Waals surface area contributed by atoms with Crippen LogP contribution >= 0.6 is 15.9 Å². The van der Waals surface area contributed by atoms with E-state index in [0.717, 1.165) is 28.0 Å². The van der Waals surface area contributed by atoms with Gasteiger partial charge in [0.25, 0.3) is 0 Å². The molecule has 106 valence electrons. The van der Waals surface area contributed by atoms with E-state index < -0.39 is 0 Å². The Morgan fingerprint density at radius 1 is 1.40 bits per heavy atom. The quantitative estimate of drug-likeness (QED) is 0.846. The van der Waals surface area contributed by atoms with Crippen LogP contribution in [-0.4, -0.2) is 21.1 Å². The van der Waals surface area contributed by atoms with Gasteiger partial charge in [0.2, 0.25) is 0 Å². The number of nitrogens with zero attached hydrogens (tertiary/aromatic N) is 3. The Morgan fingerprint density at radius 2 is 2.20 bits per heavy atom. The molecule has 0 amide bonds. The molecule has 20 heavy (non-hydrogen) atoms. The van der Waals surface area contributed by atoms with Crippen LogP contribution in [0.25, 0.3) is 0 Å². The summed E-state index contributed by atoms with van der Waals surface area (Å²) in [5.41, 5.74) is 2.56. The Labute approximate surface area is 126 Å². The van der Waals surface area contributed by atoms with Crippen LogP contribution in [0.2, 0.25) is 0 Å². The van der Waals surface area contributed by atoms with Crippen LogP contribution in [0.1, 0.15) is 17.0 Å². The SMILES string of the molecule is Cc1nc(=O)n(CCNCc2cccnc2)c(C)c1Br. The molecule has 0 aliphatic carbocycles. The maximum Gasteiger partial charge on any atom is 0.348 e. The second-order valence-corrected chi connectivity index (χ2v) is 5.36. The summed E-state index contributed by atoms with van der Waals surface area (Å²) < 4.78 is 2.57. The first-order valence-corrected chi connectivity index (χ1v) is 7.22. The highest BCUT2D eigenvalue weighted by atomic mass is 79.9. The highest BCUT2D eigenvalue weighted by molar-refractivity contribution is 9.10. The second kappa shape index (κ2) is 6.76. The predicted octanol–water partition coefficient (Wildman–Crippen LogP) is 1.81. The first-order valence-electron chi connectivity index (χ1n) is 6.42. The molecule has 0 aromatic carbocycles. The van der Waals surface area contributed by atoms with Crippen molar-refractivity contribution in [1.29, 1.82) is 0 Å². The molecule has 5 nitrogen and oxygen atoms in total. The van der Waals surface area contributed by atoms with Gasteiger partial charge in [0.05, 0.1) is 10.2 Å². The van der Waals surface area contributed by atoms with Gasteiger partial charge in [-0.2, -0.15) is 4.98 Å². The van der Waals surface area contributed by atoms with Crippen molar-refractivity contribution in [3.8, 4) is 0 Å². The lowest BCUT2D eigenvalue weighted by Crippen LogP contribution is -2.31. The first kappa shape index (κ1) is 14.9. The van der Waals surface area contributed by atoms with E-state index in [4.69, 9.17) is 0 Å². The third-order valence-electron chi connectivity index (χ3n) is 3.10. The van der Waals surface area contributed by atoms with E-state index >= 15 is 0 Å². The summed E-state index contributed by atoms with van der Waals surface area (Å²) in [7, 11) is 0. The van der Waals surface area contributed by atoms with Gasteiger partial charge in [-0.05, 0) is 41.4 Å². The molecule has 0 aliphatic heterocycles. The zero-order valence-electron chi connectivity index (χ0n) is 11.6. The van der Waals surface area contributed by atoms with Gasteiger partial charge in [-0.1, -0.05) is 6.07 Å². The Hall–Kier alpha value is -1.53. The van der Waals surface area contributed by atoms with E-state index in [2.05, 4.69) is 31.2 Å². The summed E-state index contributed by atoms with van der Waals surface area (Å²) in [4.78, 5) is 19.9. The van der Waals surface area contributed by atoms with Crippen molar-refractivity contribution < 1.29 is 0 Å². The van der Waals surface area contributed by atoms with Gasteiger partial charge in [0.15, 0.2) is 0 Å². The third-order valence-corrected chi connectivity index (χ3v) is 4.25. The lowest BCUT2D eigenvalue weighted by molar-refractivity contribution is 0.561. The van der Waals surface area contributed by atoms with Crippen LogP contribution in [-0.2, 0) is 13.1 Å². The number of rotatable bonds is 5. The van der Waals surface area contributed by atoms with Crippen molar-refractivity contribution in [3.63, 3.8) is 0 Å². The molecule has 0 saturated carbocycles. The molecule has 0 unspecified atom stereocenters. The van der Waals surface area contributed by atoms with E-state index in [1.807, 2.05) is 32.2 Å². The van der Waals surface area contributed by atoms with E-state index in [1.54, 1.807) is 10.8 Å². The molecule has 1 N–H and O–H groups in total. The van der Waals surface area contributed by atoms with Crippen molar-refractivity contribution in [3.05, 3.63) is 56.4 Å². The highest BCUT2D eigenvalue weighted by Crippen LogP contribution is 2.16. The fourth-order valence-corrected chi connectivity index (χ4v) is 2.27. The number of halogens is 1. The molecule has 0 atom stereocenters. The largest absolute Gasteiger partial charge is 0.348 e. The molecule has 0 spiro atoms. The Kier molecular flexibility index (Phi) is 5.03. The molecule has 2 heterocycles. The first-order chi connectivity index (χ1) is 9.59. The highest BCUT2D eigenvalue weighted by Gasteiger charge is 2.08. The minimum Gasteiger partial charge on any atom is -0.311 e. The monoisotopic (exact) mass is 336 g/mol. The zero-order valence-corrected chi connectivity index (χ0v) is 13.1. The van der Waals surface area contributed by atoms with E-state index in [9.17, 15) is 4.79 Å². The van der Waals surface area contributed by atoms with Gasteiger partial charge in [-0.3, -0.25) is 9.55 Å². The van der Waals surface area contributed by atoms with Crippen molar-refractivity contribution in [1.82, 2.24) is 19.9 Å². The Morgan fingerprint density at radius 3 is 2.90 bits per heavy atom. The minimum atomic E-state index is -0.202. The molecule has 0 fully saturated rings. The number of aryl methyl sites for hydroxylation is 1. The molecule has 6 heteroatoms. The summed E-state index contributed by atoms with van der Waals surface area (Å²) in [6.07, 6.45) is 3.58. The Bertz CT molecular complexity index is 640. The summed E-state index contributed by atoms with van der Waals surface area (Å²) in [6, 6.07) is 3.92. The molecule has 2 rings (SSSR count). The number of aromatic nitrogens is 3. The van der Waals surface area contributed by atoms with Crippen molar-refractivity contribution in [2.75, 3.05) is 6.54 Å². The van der Waals surface area contributed by atoms with Gasteiger partial charge >= 0.3 is 5.69 Å². The average Bonchev–Trinajstić information content (AvgIpc) is 2.45. The third kappa shape index (κ3) is 3.52. The van der Waals surface area contributed by atoms with Crippen molar-refractivity contribution in [2.24, 2.45) is 0 Å². The number of pyridine rings is 1. The molecule has 2 aromatic heterocycles. The minimum absolute atomic E-state index is 0.202. The van der Waals surface area contributed by atoms with Gasteiger partial charge < -0.3 is 5.32 Å². The van der Waals surface area contributed by atoms with Crippen LogP contribution in [0.15, 0.2) is 33.8 Å². The van der Waals surface area contributed by atoms with Gasteiger partial charge in [0.1, 0.15) is 0 Å². The lowest BCUT2D eigenvalue weighted by Gasteiger charge is -2.12. The van der Waals surface area contributed by atoms with Gasteiger partial charge in [-0.25, -0.2) is 4.79 Å². The predicted molar refractivity (Wildman–Crippen MR) is 81.6 cm³/mol. The summed E-state index contributed by atoms with van der Waals surface area (Å²) >= 11 is 3.46.